The summed E-state index contributed by atoms with van der Waals surface area (Å²) in [5, 5.41) is 0. The Labute approximate surface area is 85.8 Å². The fraction of sp³-hybridized carbons (Fsp3) is 0.667. The first kappa shape index (κ1) is 9.63. The molecule has 0 radical (unpaired) electrons. The molecule has 14 heavy (non-hydrogen) atoms. The summed E-state index contributed by atoms with van der Waals surface area (Å²) in [6, 6.07) is 2.10. The van der Waals surface area contributed by atoms with Crippen molar-refractivity contribution in [3.8, 4) is 0 Å². The normalized spacial score (nSPS) is 17.6. The maximum Gasteiger partial charge on any atom is 0.131 e. The van der Waals surface area contributed by atoms with Gasteiger partial charge in [-0.3, -0.25) is 0 Å². The van der Waals surface area contributed by atoms with E-state index in [9.17, 15) is 0 Å². The van der Waals surface area contributed by atoms with Gasteiger partial charge in [0.05, 0.1) is 0 Å². The van der Waals surface area contributed by atoms with Crippen molar-refractivity contribution in [3.05, 3.63) is 23.3 Å². The smallest absolute Gasteiger partial charge is 0.131 e. The van der Waals surface area contributed by atoms with Crippen LogP contribution in [0.1, 0.15) is 55.7 Å². The van der Waals surface area contributed by atoms with E-state index in [4.69, 9.17) is 0 Å². The minimum atomic E-state index is 0.639. The van der Waals surface area contributed by atoms with Gasteiger partial charge in [-0.05, 0) is 32.3 Å². The molecule has 0 spiro atoms. The van der Waals surface area contributed by atoms with Crippen molar-refractivity contribution >= 4 is 0 Å². The molecule has 2 nitrogen and oxygen atoms in total. The van der Waals surface area contributed by atoms with Crippen LogP contribution in [0.25, 0.3) is 0 Å². The molecule has 0 aromatic carbocycles. The van der Waals surface area contributed by atoms with Crippen molar-refractivity contribution < 1.29 is 0 Å². The van der Waals surface area contributed by atoms with Crippen LogP contribution in [0.5, 0.6) is 0 Å². The zero-order chi connectivity index (χ0) is 9.97. The summed E-state index contributed by atoms with van der Waals surface area (Å²) in [5.41, 5.74) is 2.32. The van der Waals surface area contributed by atoms with Gasteiger partial charge in [-0.15, -0.1) is 0 Å². The highest BCUT2D eigenvalue weighted by atomic mass is 14.9. The summed E-state index contributed by atoms with van der Waals surface area (Å²) in [7, 11) is 0. The quantitative estimate of drug-likeness (QED) is 0.716. The molecule has 0 N–H and O–H groups in total. The Morgan fingerprint density at radius 1 is 1.29 bits per heavy atom. The van der Waals surface area contributed by atoms with Gasteiger partial charge in [0, 0.05) is 17.3 Å². The van der Waals surface area contributed by atoms with E-state index in [1.165, 1.54) is 31.4 Å². The van der Waals surface area contributed by atoms with Crippen molar-refractivity contribution in [2.45, 2.75) is 51.9 Å². The minimum Gasteiger partial charge on any atom is -0.238 e. The molecule has 2 heteroatoms. The van der Waals surface area contributed by atoms with Gasteiger partial charge < -0.3 is 0 Å². The highest BCUT2D eigenvalue weighted by Crippen LogP contribution is 2.32. The minimum absolute atomic E-state index is 0.639. The van der Waals surface area contributed by atoms with Crippen LogP contribution in [0.15, 0.2) is 6.07 Å². The standard InChI is InChI=1S/C12H18N2/c1-3-11-8-9(2)13-12(14-11)10-6-4-5-7-10/h8,10H,3-7H2,1-2H3. The van der Waals surface area contributed by atoms with Crippen LogP contribution in [-0.4, -0.2) is 9.97 Å². The van der Waals surface area contributed by atoms with Gasteiger partial charge >= 0.3 is 0 Å². The first-order chi connectivity index (χ1) is 6.79. The van der Waals surface area contributed by atoms with Gasteiger partial charge in [-0.2, -0.15) is 0 Å². The van der Waals surface area contributed by atoms with Crippen LogP contribution >= 0.6 is 0 Å². The van der Waals surface area contributed by atoms with Gasteiger partial charge in [0.15, 0.2) is 0 Å². The molecule has 0 atom stereocenters. The highest BCUT2D eigenvalue weighted by Gasteiger charge is 2.19. The largest absolute Gasteiger partial charge is 0.238 e. The number of aryl methyl sites for hydroxylation is 2. The molecule has 0 amide bonds. The summed E-state index contributed by atoms with van der Waals surface area (Å²) in [6.45, 7) is 4.22. The second-order valence-electron chi connectivity index (χ2n) is 4.19. The molecule has 1 aromatic rings. The van der Waals surface area contributed by atoms with Crippen LogP contribution in [0.2, 0.25) is 0 Å². The molecule has 1 aliphatic rings. The lowest BCUT2D eigenvalue weighted by Crippen LogP contribution is -2.04. The molecule has 1 saturated carbocycles. The molecule has 1 heterocycles. The van der Waals surface area contributed by atoms with Gasteiger partial charge in [0.25, 0.3) is 0 Å². The van der Waals surface area contributed by atoms with E-state index < -0.39 is 0 Å². The van der Waals surface area contributed by atoms with Crippen LogP contribution in [-0.2, 0) is 6.42 Å². The molecule has 0 unspecified atom stereocenters. The molecule has 76 valence electrons. The summed E-state index contributed by atoms with van der Waals surface area (Å²) >= 11 is 0. The zero-order valence-corrected chi connectivity index (χ0v) is 9.08. The van der Waals surface area contributed by atoms with Crippen molar-refractivity contribution in [2.75, 3.05) is 0 Å². The maximum atomic E-state index is 4.62. The topological polar surface area (TPSA) is 25.8 Å². The van der Waals surface area contributed by atoms with Crippen LogP contribution in [0.3, 0.4) is 0 Å². The van der Waals surface area contributed by atoms with E-state index >= 15 is 0 Å². The maximum absolute atomic E-state index is 4.62. The molecule has 1 aromatic heterocycles. The van der Waals surface area contributed by atoms with Crippen molar-refractivity contribution in [2.24, 2.45) is 0 Å². The Morgan fingerprint density at radius 3 is 2.64 bits per heavy atom. The lowest BCUT2D eigenvalue weighted by Gasteiger charge is -2.09. The molecule has 1 aliphatic carbocycles. The van der Waals surface area contributed by atoms with E-state index in [1.54, 1.807) is 0 Å². The predicted octanol–water partition coefficient (Wildman–Crippen LogP) is 3.01. The molecular formula is C12H18N2. The Balaban J connectivity index is 2.27. The van der Waals surface area contributed by atoms with Gasteiger partial charge in [-0.25, -0.2) is 9.97 Å². The zero-order valence-electron chi connectivity index (χ0n) is 9.08. The second-order valence-corrected chi connectivity index (χ2v) is 4.19. The van der Waals surface area contributed by atoms with Crippen molar-refractivity contribution in [1.29, 1.82) is 0 Å². The average molecular weight is 190 g/mol. The van der Waals surface area contributed by atoms with Crippen molar-refractivity contribution in [1.82, 2.24) is 9.97 Å². The van der Waals surface area contributed by atoms with E-state index in [2.05, 4.69) is 29.9 Å². The molecular weight excluding hydrogens is 172 g/mol. The lowest BCUT2D eigenvalue weighted by molar-refractivity contribution is 0.657. The van der Waals surface area contributed by atoms with Crippen LogP contribution < -0.4 is 0 Å². The Hall–Kier alpha value is -0.920. The number of aromatic nitrogens is 2. The monoisotopic (exact) mass is 190 g/mol. The number of hydrogen-bond donors (Lipinski definition) is 0. The average Bonchev–Trinajstić information content (AvgIpc) is 2.69. The summed E-state index contributed by atoms with van der Waals surface area (Å²) in [5.74, 6) is 1.74. The molecule has 1 fully saturated rings. The third-order valence-corrected chi connectivity index (χ3v) is 3.01. The third kappa shape index (κ3) is 1.94. The fourth-order valence-electron chi connectivity index (χ4n) is 2.21. The molecule has 0 saturated heterocycles. The summed E-state index contributed by atoms with van der Waals surface area (Å²) < 4.78 is 0. The number of nitrogens with zero attached hydrogens (tertiary/aromatic N) is 2. The number of rotatable bonds is 2. The highest BCUT2D eigenvalue weighted by molar-refractivity contribution is 5.12. The summed E-state index contributed by atoms with van der Waals surface area (Å²) in [4.78, 5) is 9.18. The molecule has 2 rings (SSSR count). The molecule has 0 aliphatic heterocycles. The second kappa shape index (κ2) is 4.07. The van der Waals surface area contributed by atoms with E-state index in [-0.39, 0.29) is 0 Å². The van der Waals surface area contributed by atoms with E-state index in [1.807, 2.05) is 0 Å². The summed E-state index contributed by atoms with van der Waals surface area (Å²) in [6.07, 6.45) is 6.29. The Morgan fingerprint density at radius 2 is 2.00 bits per heavy atom. The van der Waals surface area contributed by atoms with E-state index in [0.717, 1.165) is 17.9 Å². The van der Waals surface area contributed by atoms with Gasteiger partial charge in [-0.1, -0.05) is 19.8 Å². The Kier molecular flexibility index (Phi) is 2.80. The SMILES string of the molecule is CCc1cc(C)nc(C2CCCC2)n1. The predicted molar refractivity (Wildman–Crippen MR) is 57.4 cm³/mol. The first-order valence-electron chi connectivity index (χ1n) is 5.64. The van der Waals surface area contributed by atoms with Gasteiger partial charge in [0.1, 0.15) is 5.82 Å². The Bertz CT molecular complexity index is 314. The molecule has 0 bridgehead atoms. The third-order valence-electron chi connectivity index (χ3n) is 3.01. The lowest BCUT2D eigenvalue weighted by atomic mass is 10.1. The van der Waals surface area contributed by atoms with Gasteiger partial charge in [0.2, 0.25) is 0 Å². The fourth-order valence-corrected chi connectivity index (χ4v) is 2.21. The van der Waals surface area contributed by atoms with Crippen LogP contribution in [0, 0.1) is 6.92 Å². The first-order valence-corrected chi connectivity index (χ1v) is 5.64. The number of hydrogen-bond acceptors (Lipinski definition) is 2. The van der Waals surface area contributed by atoms with E-state index in [0.29, 0.717) is 5.92 Å². The van der Waals surface area contributed by atoms with Crippen LogP contribution in [0.4, 0.5) is 0 Å². The van der Waals surface area contributed by atoms with Crippen molar-refractivity contribution in [3.63, 3.8) is 0 Å².